The zero-order valence-electron chi connectivity index (χ0n) is 16.3. The number of rotatable bonds is 10. The van der Waals surface area contributed by atoms with Gasteiger partial charge in [-0.3, -0.25) is 0 Å². The third-order valence-corrected chi connectivity index (χ3v) is 22.0. The van der Waals surface area contributed by atoms with Crippen LogP contribution in [-0.2, 0) is 4.79 Å². The van der Waals surface area contributed by atoms with E-state index < -0.39 is 18.4 Å². The van der Waals surface area contributed by atoms with Gasteiger partial charge in [0.15, 0.2) is 0 Å². The van der Waals surface area contributed by atoms with Gasteiger partial charge in [-0.25, -0.2) is 0 Å². The average Bonchev–Trinajstić information content (AvgIpc) is 2.54. The molecule has 0 aromatic carbocycles. The van der Waals surface area contributed by atoms with Gasteiger partial charge >= 0.3 is 149 Å². The molecule has 2 nitrogen and oxygen atoms in total. The summed E-state index contributed by atoms with van der Waals surface area (Å²) in [6.07, 6.45) is 11.9. The van der Waals surface area contributed by atoms with Gasteiger partial charge in [0.1, 0.15) is 0 Å². The normalized spacial score (nSPS) is 18.9. The molecule has 1 aliphatic heterocycles. The first kappa shape index (κ1) is 21.1. The second-order valence-corrected chi connectivity index (χ2v) is 21.0. The van der Waals surface area contributed by atoms with Crippen molar-refractivity contribution in [1.29, 1.82) is 0 Å². The molecule has 1 rings (SSSR count). The van der Waals surface area contributed by atoms with Gasteiger partial charge in [-0.1, -0.05) is 0 Å². The van der Waals surface area contributed by atoms with Gasteiger partial charge in [-0.05, 0) is 0 Å². The summed E-state index contributed by atoms with van der Waals surface area (Å²) in [5.74, 6) is 0.240. The third-order valence-electron chi connectivity index (χ3n) is 5.69. The fourth-order valence-electron chi connectivity index (χ4n) is 4.17. The number of unbranched alkanes of at least 4 members (excludes halogenated alkanes) is 3. The van der Waals surface area contributed by atoms with Crippen molar-refractivity contribution in [3.63, 3.8) is 0 Å². The standard InChI is InChI=1S/C8H12NO.3C4H9.Sn/c1-7-5-3-4-6-9(7)8(2)10;3*1-3-4-2;/h4,7H,5-6H2,1-2H3;3*1,3-4H2,2H3;. The van der Waals surface area contributed by atoms with Gasteiger partial charge in [0, 0.05) is 0 Å². The molecule has 0 aromatic rings. The van der Waals surface area contributed by atoms with E-state index in [9.17, 15) is 4.79 Å². The molecule has 0 aromatic heterocycles. The summed E-state index contributed by atoms with van der Waals surface area (Å²) in [5.41, 5.74) is 0. The van der Waals surface area contributed by atoms with E-state index in [1.165, 1.54) is 44.9 Å². The molecule has 0 N–H and O–H groups in total. The van der Waals surface area contributed by atoms with Gasteiger partial charge in [0.2, 0.25) is 0 Å². The Bertz CT molecular complexity index is 369. The van der Waals surface area contributed by atoms with Crippen LogP contribution in [0.4, 0.5) is 0 Å². The Morgan fingerprint density at radius 2 is 1.57 bits per heavy atom. The summed E-state index contributed by atoms with van der Waals surface area (Å²) >= 11 is -2.23. The van der Waals surface area contributed by atoms with Crippen LogP contribution in [0.5, 0.6) is 0 Å². The van der Waals surface area contributed by atoms with Crippen molar-refractivity contribution in [3.05, 3.63) is 9.67 Å². The second-order valence-electron chi connectivity index (χ2n) is 7.54. The molecule has 1 aliphatic rings. The molecule has 1 unspecified atom stereocenters. The average molecular weight is 428 g/mol. The van der Waals surface area contributed by atoms with Gasteiger partial charge in [-0.2, -0.15) is 0 Å². The third kappa shape index (κ3) is 6.10. The van der Waals surface area contributed by atoms with E-state index >= 15 is 0 Å². The molecule has 0 saturated carbocycles. The van der Waals surface area contributed by atoms with Crippen molar-refractivity contribution in [3.8, 4) is 0 Å². The number of carbonyl (C=O) groups is 1. The van der Waals surface area contributed by atoms with Gasteiger partial charge in [0.05, 0.1) is 0 Å². The number of nitrogens with zero attached hydrogens (tertiary/aromatic N) is 1. The molecule has 3 heteroatoms. The number of carbonyl (C=O) groups excluding carboxylic acids is 1. The molecule has 134 valence electrons. The van der Waals surface area contributed by atoms with Crippen LogP contribution in [0.15, 0.2) is 9.67 Å². The van der Waals surface area contributed by atoms with Crippen molar-refractivity contribution >= 4 is 24.3 Å². The quantitative estimate of drug-likeness (QED) is 0.395. The Hall–Kier alpha value is 0.00870. The van der Waals surface area contributed by atoms with Crippen molar-refractivity contribution in [2.24, 2.45) is 0 Å². The van der Waals surface area contributed by atoms with E-state index in [0.29, 0.717) is 6.04 Å². The Balaban J connectivity index is 3.02. The fraction of sp³-hybridized carbons (Fsp3) is 0.850. The summed E-state index contributed by atoms with van der Waals surface area (Å²) < 4.78 is 6.51. The van der Waals surface area contributed by atoms with Gasteiger partial charge in [0.25, 0.3) is 0 Å². The van der Waals surface area contributed by atoms with Gasteiger partial charge in [-0.15, -0.1) is 0 Å². The molecular formula is C20H39NOSn. The van der Waals surface area contributed by atoms with E-state index in [4.69, 9.17) is 0 Å². The van der Waals surface area contributed by atoms with E-state index in [1.807, 2.05) is 3.59 Å². The Morgan fingerprint density at radius 1 is 1.09 bits per heavy atom. The predicted molar refractivity (Wildman–Crippen MR) is 104 cm³/mol. The molecule has 23 heavy (non-hydrogen) atoms. The molecule has 1 atom stereocenters. The first-order valence-corrected chi connectivity index (χ1v) is 17.5. The number of amides is 1. The zero-order chi connectivity index (χ0) is 17.3. The summed E-state index contributed by atoms with van der Waals surface area (Å²) in [6.45, 7) is 11.9. The van der Waals surface area contributed by atoms with Crippen molar-refractivity contribution in [2.75, 3.05) is 6.54 Å². The molecular weight excluding hydrogens is 389 g/mol. The Labute approximate surface area is 149 Å². The molecule has 0 spiro atoms. The zero-order valence-corrected chi connectivity index (χ0v) is 19.1. The summed E-state index contributed by atoms with van der Waals surface area (Å²) in [4.78, 5) is 13.9. The van der Waals surface area contributed by atoms with E-state index in [1.54, 1.807) is 20.2 Å². The first-order chi connectivity index (χ1) is 11.0. The molecule has 0 bridgehead atoms. The SMILES string of the molecule is CCC[CH2][Sn]([CH2]CCC)([CH2]CCC)[C]1=CCN(C(C)=O)C(C)C1. The first-order valence-electron chi connectivity index (χ1n) is 9.97. The fourth-order valence-corrected chi connectivity index (χ4v) is 21.5. The Kier molecular flexibility index (Phi) is 9.87. The molecule has 1 heterocycles. The maximum atomic E-state index is 11.8. The van der Waals surface area contributed by atoms with Crippen LogP contribution in [0.2, 0.25) is 13.3 Å². The van der Waals surface area contributed by atoms with Crippen LogP contribution in [0.3, 0.4) is 0 Å². The van der Waals surface area contributed by atoms with Crippen LogP contribution in [0, 0.1) is 0 Å². The van der Waals surface area contributed by atoms with Crippen LogP contribution in [-0.4, -0.2) is 41.8 Å². The minimum absolute atomic E-state index is 0.240. The second kappa shape index (κ2) is 10.8. The summed E-state index contributed by atoms with van der Waals surface area (Å²) in [6, 6.07) is 0.411. The number of hydrogen-bond donors (Lipinski definition) is 0. The molecule has 0 fully saturated rings. The molecule has 0 radical (unpaired) electrons. The van der Waals surface area contributed by atoms with Crippen molar-refractivity contribution in [2.45, 2.75) is 98.9 Å². The minimum atomic E-state index is -2.23. The topological polar surface area (TPSA) is 20.3 Å². The van der Waals surface area contributed by atoms with E-state index in [-0.39, 0.29) is 5.91 Å². The monoisotopic (exact) mass is 429 g/mol. The van der Waals surface area contributed by atoms with Crippen molar-refractivity contribution in [1.82, 2.24) is 4.90 Å². The van der Waals surface area contributed by atoms with E-state index in [0.717, 1.165) is 6.54 Å². The molecule has 1 amide bonds. The summed E-state index contributed by atoms with van der Waals surface area (Å²) in [7, 11) is 0. The Morgan fingerprint density at radius 3 is 1.91 bits per heavy atom. The van der Waals surface area contributed by atoms with E-state index in [2.05, 4.69) is 38.7 Å². The van der Waals surface area contributed by atoms with Crippen LogP contribution >= 0.6 is 0 Å². The number of hydrogen-bond acceptors (Lipinski definition) is 1. The predicted octanol–water partition coefficient (Wildman–Crippen LogP) is 5.94. The van der Waals surface area contributed by atoms with Gasteiger partial charge < -0.3 is 0 Å². The van der Waals surface area contributed by atoms with Crippen LogP contribution in [0.1, 0.15) is 79.6 Å². The summed E-state index contributed by atoms with van der Waals surface area (Å²) in [5, 5.41) is 0. The van der Waals surface area contributed by atoms with Crippen molar-refractivity contribution < 1.29 is 4.79 Å². The maximum absolute atomic E-state index is 11.8. The van der Waals surface area contributed by atoms with Crippen LogP contribution < -0.4 is 0 Å². The van der Waals surface area contributed by atoms with Crippen LogP contribution in [0.25, 0.3) is 0 Å². The molecule has 0 aliphatic carbocycles. The molecule has 0 saturated heterocycles.